The molecule has 4 rings (SSSR count). The lowest BCUT2D eigenvalue weighted by molar-refractivity contribution is -0.137. The number of pyridine rings is 1. The second-order valence-electron chi connectivity index (χ2n) is 6.96. The largest absolute Gasteiger partial charge is 0.418 e. The molecule has 0 bridgehead atoms. The van der Waals surface area contributed by atoms with Gasteiger partial charge in [-0.15, -0.1) is 0 Å². The Morgan fingerprint density at radius 2 is 1.87 bits per heavy atom. The summed E-state index contributed by atoms with van der Waals surface area (Å²) in [4.78, 5) is 13.9. The molecule has 1 aromatic carbocycles. The Kier molecular flexibility index (Phi) is 5.15. The van der Waals surface area contributed by atoms with E-state index in [1.165, 1.54) is 19.3 Å². The highest BCUT2D eigenvalue weighted by molar-refractivity contribution is 6.34. The molecular weight excluding hydrogens is 424 g/mol. The summed E-state index contributed by atoms with van der Waals surface area (Å²) in [5.41, 5.74) is 3.11. The van der Waals surface area contributed by atoms with Gasteiger partial charge in [0.05, 0.1) is 21.8 Å². The van der Waals surface area contributed by atoms with Crippen molar-refractivity contribution < 1.29 is 17.6 Å². The number of rotatable bonds is 2. The van der Waals surface area contributed by atoms with Crippen LogP contribution in [0.5, 0.6) is 0 Å². The first-order chi connectivity index (χ1) is 14.2. The van der Waals surface area contributed by atoms with Crippen molar-refractivity contribution in [1.29, 1.82) is 0 Å². The third-order valence-electron chi connectivity index (χ3n) is 4.97. The molecule has 1 fully saturated rings. The van der Waals surface area contributed by atoms with Crippen molar-refractivity contribution in [3.05, 3.63) is 40.4 Å². The second kappa shape index (κ2) is 7.51. The molecule has 11 heteroatoms. The zero-order chi connectivity index (χ0) is 21.6. The van der Waals surface area contributed by atoms with E-state index in [1.807, 2.05) is 4.90 Å². The molecule has 3 heterocycles. The first-order valence-electron chi connectivity index (χ1n) is 9.11. The predicted octanol–water partition coefficient (Wildman–Crippen LogP) is 3.80. The Morgan fingerprint density at radius 1 is 1.17 bits per heavy atom. The Morgan fingerprint density at radius 3 is 2.53 bits per heavy atom. The van der Waals surface area contributed by atoms with Gasteiger partial charge in [0.1, 0.15) is 23.5 Å². The molecule has 0 spiro atoms. The quantitative estimate of drug-likeness (QED) is 0.590. The van der Waals surface area contributed by atoms with Gasteiger partial charge in [0.15, 0.2) is 5.82 Å². The van der Waals surface area contributed by atoms with Gasteiger partial charge >= 0.3 is 6.18 Å². The zero-order valence-corrected chi connectivity index (χ0v) is 16.6. The summed E-state index contributed by atoms with van der Waals surface area (Å²) in [6.45, 7) is 3.97. The van der Waals surface area contributed by atoms with Gasteiger partial charge in [-0.05, 0) is 24.6 Å². The average molecular weight is 441 g/mol. The number of benzene rings is 1. The van der Waals surface area contributed by atoms with E-state index in [2.05, 4.69) is 20.3 Å². The lowest BCUT2D eigenvalue weighted by Gasteiger charge is -2.29. The highest BCUT2D eigenvalue weighted by Gasteiger charge is 2.38. The van der Waals surface area contributed by atoms with E-state index in [-0.39, 0.29) is 21.9 Å². The smallest absolute Gasteiger partial charge is 0.384 e. The van der Waals surface area contributed by atoms with Crippen molar-refractivity contribution >= 4 is 34.1 Å². The number of hydrogen-bond donors (Lipinski definition) is 2. The van der Waals surface area contributed by atoms with Crippen LogP contribution in [-0.4, -0.2) is 41.1 Å². The predicted molar refractivity (Wildman–Crippen MR) is 107 cm³/mol. The van der Waals surface area contributed by atoms with Gasteiger partial charge in [0, 0.05) is 31.6 Å². The maximum atomic E-state index is 15.5. The Hall–Kier alpha value is -2.72. The van der Waals surface area contributed by atoms with Crippen LogP contribution in [-0.2, 0) is 6.18 Å². The molecule has 30 heavy (non-hydrogen) atoms. The van der Waals surface area contributed by atoms with E-state index in [0.717, 1.165) is 19.2 Å². The highest BCUT2D eigenvalue weighted by Crippen LogP contribution is 2.44. The molecule has 0 saturated carbocycles. The fourth-order valence-corrected chi connectivity index (χ4v) is 3.98. The number of halogens is 5. The first kappa shape index (κ1) is 20.5. The number of fused-ring (bicyclic) bond motifs is 1. The van der Waals surface area contributed by atoms with Gasteiger partial charge in [0.2, 0.25) is 0 Å². The number of nitrogens with one attached hydrogen (secondary N) is 1. The van der Waals surface area contributed by atoms with E-state index < -0.39 is 28.8 Å². The molecule has 1 aliphatic heterocycles. The SMILES string of the molecule is Cc1cc(N)nc(-c2c(Cl)cc3c(N4CCNCC4)ncnc3c2F)c1C(F)(F)F. The number of piperazine rings is 1. The number of nitrogens with zero attached hydrogens (tertiary/aromatic N) is 4. The van der Waals surface area contributed by atoms with Crippen LogP contribution in [0.15, 0.2) is 18.5 Å². The van der Waals surface area contributed by atoms with Crippen LogP contribution in [0.1, 0.15) is 11.1 Å². The Balaban J connectivity index is 1.99. The van der Waals surface area contributed by atoms with Crippen LogP contribution in [0.3, 0.4) is 0 Å². The molecule has 3 N–H and O–H groups in total. The number of hydrogen-bond acceptors (Lipinski definition) is 6. The summed E-state index contributed by atoms with van der Waals surface area (Å²) in [6.07, 6.45) is -3.59. The molecule has 2 aromatic heterocycles. The second-order valence-corrected chi connectivity index (χ2v) is 7.37. The van der Waals surface area contributed by atoms with Crippen LogP contribution in [0, 0.1) is 12.7 Å². The average Bonchev–Trinajstić information content (AvgIpc) is 2.66. The highest BCUT2D eigenvalue weighted by atomic mass is 35.5. The third kappa shape index (κ3) is 3.50. The van der Waals surface area contributed by atoms with E-state index in [4.69, 9.17) is 17.3 Å². The minimum atomic E-state index is -4.78. The lowest BCUT2D eigenvalue weighted by atomic mass is 9.99. The van der Waals surface area contributed by atoms with E-state index in [1.54, 1.807) is 0 Å². The van der Waals surface area contributed by atoms with Crippen molar-refractivity contribution in [2.75, 3.05) is 36.8 Å². The number of aromatic nitrogens is 3. The Labute approximate surface area is 174 Å². The van der Waals surface area contributed by atoms with Gasteiger partial charge in [-0.2, -0.15) is 13.2 Å². The van der Waals surface area contributed by atoms with Crippen molar-refractivity contribution in [3.8, 4) is 11.3 Å². The zero-order valence-electron chi connectivity index (χ0n) is 15.8. The number of nitrogen functional groups attached to an aromatic ring is 1. The number of anilines is 2. The molecule has 158 valence electrons. The lowest BCUT2D eigenvalue weighted by Crippen LogP contribution is -2.44. The molecule has 0 amide bonds. The van der Waals surface area contributed by atoms with Crippen LogP contribution in [0.2, 0.25) is 5.02 Å². The van der Waals surface area contributed by atoms with Crippen molar-refractivity contribution in [1.82, 2.24) is 20.3 Å². The number of nitrogens with two attached hydrogens (primary N) is 1. The molecule has 6 nitrogen and oxygen atoms in total. The summed E-state index contributed by atoms with van der Waals surface area (Å²) in [5, 5.41) is 3.30. The molecule has 1 aliphatic rings. The van der Waals surface area contributed by atoms with Crippen molar-refractivity contribution in [2.24, 2.45) is 0 Å². The van der Waals surface area contributed by atoms with Crippen molar-refractivity contribution in [2.45, 2.75) is 13.1 Å². The summed E-state index contributed by atoms with van der Waals surface area (Å²) >= 11 is 6.31. The van der Waals surface area contributed by atoms with Crippen LogP contribution >= 0.6 is 11.6 Å². The van der Waals surface area contributed by atoms with E-state index in [0.29, 0.717) is 24.3 Å². The number of alkyl halides is 3. The molecule has 0 unspecified atom stereocenters. The maximum Gasteiger partial charge on any atom is 0.418 e. The fraction of sp³-hybridized carbons (Fsp3) is 0.316. The molecule has 0 aliphatic carbocycles. The van der Waals surface area contributed by atoms with Crippen LogP contribution in [0.4, 0.5) is 29.2 Å². The van der Waals surface area contributed by atoms with Gasteiger partial charge in [-0.1, -0.05) is 11.6 Å². The summed E-state index contributed by atoms with van der Waals surface area (Å²) < 4.78 is 56.7. The first-order valence-corrected chi connectivity index (χ1v) is 9.49. The summed E-state index contributed by atoms with van der Waals surface area (Å²) in [5.74, 6) is -0.698. The van der Waals surface area contributed by atoms with Gasteiger partial charge in [0.25, 0.3) is 0 Å². The van der Waals surface area contributed by atoms with Gasteiger partial charge in [-0.3, -0.25) is 0 Å². The Bertz CT molecular complexity index is 1130. The normalized spacial score (nSPS) is 15.1. The third-order valence-corrected chi connectivity index (χ3v) is 5.27. The molecular formula is C19H17ClF4N6. The fourth-order valence-electron chi connectivity index (χ4n) is 3.70. The minimum absolute atomic E-state index is 0.132. The van der Waals surface area contributed by atoms with Gasteiger partial charge < -0.3 is 16.0 Å². The van der Waals surface area contributed by atoms with E-state index in [9.17, 15) is 13.2 Å². The number of aryl methyl sites for hydroxylation is 1. The van der Waals surface area contributed by atoms with Crippen LogP contribution < -0.4 is 16.0 Å². The standard InChI is InChI=1S/C19H17ClF4N6/c1-9-6-12(25)29-17(14(9)19(22,23)24)13-11(20)7-10-16(15(13)21)27-8-28-18(10)30-4-2-26-3-5-30/h6-8,26H,2-5H2,1H3,(H2,25,29). The van der Waals surface area contributed by atoms with E-state index >= 15 is 4.39 Å². The molecule has 0 radical (unpaired) electrons. The van der Waals surface area contributed by atoms with Crippen molar-refractivity contribution in [3.63, 3.8) is 0 Å². The topological polar surface area (TPSA) is 80.0 Å². The molecule has 1 saturated heterocycles. The molecule has 0 atom stereocenters. The molecule has 3 aromatic rings. The van der Waals surface area contributed by atoms with Gasteiger partial charge in [-0.25, -0.2) is 19.3 Å². The minimum Gasteiger partial charge on any atom is -0.384 e. The maximum absolute atomic E-state index is 15.5. The summed E-state index contributed by atoms with van der Waals surface area (Å²) in [6, 6.07) is 2.47. The monoisotopic (exact) mass is 440 g/mol. The van der Waals surface area contributed by atoms with Crippen LogP contribution in [0.25, 0.3) is 22.2 Å². The summed E-state index contributed by atoms with van der Waals surface area (Å²) in [7, 11) is 0.